The van der Waals surface area contributed by atoms with Crippen LogP contribution in [0.4, 0.5) is 0 Å². The van der Waals surface area contributed by atoms with Gasteiger partial charge in [-0.15, -0.1) is 0 Å². The normalized spacial score (nSPS) is 25.8. The highest BCUT2D eigenvalue weighted by atomic mass is 16.5. The lowest BCUT2D eigenvalue weighted by Crippen LogP contribution is -2.41. The first-order chi connectivity index (χ1) is 12.3. The van der Waals surface area contributed by atoms with Gasteiger partial charge in [-0.3, -0.25) is 4.99 Å². The molecular weight excluding hydrogens is 314 g/mol. The molecule has 5 heteroatoms. The third-order valence-corrected chi connectivity index (χ3v) is 5.78. The van der Waals surface area contributed by atoms with Crippen molar-refractivity contribution in [2.24, 2.45) is 22.7 Å². The van der Waals surface area contributed by atoms with Gasteiger partial charge in [-0.1, -0.05) is 26.2 Å². The molecule has 2 fully saturated rings. The van der Waals surface area contributed by atoms with Crippen LogP contribution in [-0.4, -0.2) is 52.5 Å². The zero-order valence-electron chi connectivity index (χ0n) is 16.4. The van der Waals surface area contributed by atoms with E-state index in [0.717, 1.165) is 76.6 Å². The summed E-state index contributed by atoms with van der Waals surface area (Å²) in [5, 5.41) is 6.91. The van der Waals surface area contributed by atoms with Gasteiger partial charge in [0, 0.05) is 46.6 Å². The van der Waals surface area contributed by atoms with Crippen LogP contribution in [0.3, 0.4) is 0 Å². The molecule has 146 valence electrons. The summed E-state index contributed by atoms with van der Waals surface area (Å²) in [6.07, 6.45) is 10.2. The highest BCUT2D eigenvalue weighted by Gasteiger charge is 2.19. The lowest BCUT2D eigenvalue weighted by Gasteiger charge is -2.28. The Hall–Kier alpha value is -0.810. The number of guanidine groups is 1. The number of nitrogens with one attached hydrogen (secondary N) is 2. The van der Waals surface area contributed by atoms with Crippen molar-refractivity contribution < 1.29 is 9.47 Å². The summed E-state index contributed by atoms with van der Waals surface area (Å²) >= 11 is 0. The van der Waals surface area contributed by atoms with E-state index in [1.54, 1.807) is 0 Å². The molecule has 25 heavy (non-hydrogen) atoms. The molecule has 1 saturated heterocycles. The van der Waals surface area contributed by atoms with Crippen LogP contribution >= 0.6 is 0 Å². The van der Waals surface area contributed by atoms with E-state index in [0.29, 0.717) is 5.92 Å². The molecule has 0 unspecified atom stereocenters. The molecule has 0 atom stereocenters. The Morgan fingerprint density at radius 2 is 1.72 bits per heavy atom. The number of aliphatic imine (C=N–C) groups is 1. The molecule has 1 aliphatic heterocycles. The highest BCUT2D eigenvalue weighted by Crippen LogP contribution is 2.30. The number of nitrogens with zero attached hydrogens (tertiary/aromatic N) is 1. The molecule has 0 amide bonds. The van der Waals surface area contributed by atoms with Gasteiger partial charge in [-0.2, -0.15) is 0 Å². The molecule has 0 radical (unpaired) electrons. The average Bonchev–Trinajstić information content (AvgIpc) is 2.68. The Bertz CT molecular complexity index is 362. The Morgan fingerprint density at radius 1 is 1.00 bits per heavy atom. The smallest absolute Gasteiger partial charge is 0.190 e. The molecule has 0 spiro atoms. The Labute approximate surface area is 154 Å². The summed E-state index contributed by atoms with van der Waals surface area (Å²) in [6, 6.07) is 0. The van der Waals surface area contributed by atoms with Gasteiger partial charge >= 0.3 is 0 Å². The van der Waals surface area contributed by atoms with E-state index in [1.807, 2.05) is 7.05 Å². The third-order valence-electron chi connectivity index (χ3n) is 5.78. The fraction of sp³-hybridized carbons (Fsp3) is 0.950. The molecule has 5 nitrogen and oxygen atoms in total. The topological polar surface area (TPSA) is 54.9 Å². The molecule has 0 aromatic heterocycles. The van der Waals surface area contributed by atoms with Gasteiger partial charge in [-0.05, 0) is 49.9 Å². The van der Waals surface area contributed by atoms with Gasteiger partial charge in [0.2, 0.25) is 0 Å². The van der Waals surface area contributed by atoms with Crippen LogP contribution in [0.1, 0.15) is 58.3 Å². The van der Waals surface area contributed by atoms with Gasteiger partial charge in [0.1, 0.15) is 0 Å². The van der Waals surface area contributed by atoms with Crippen molar-refractivity contribution in [1.82, 2.24) is 10.6 Å². The van der Waals surface area contributed by atoms with E-state index in [4.69, 9.17) is 9.47 Å². The van der Waals surface area contributed by atoms with Crippen LogP contribution in [0.5, 0.6) is 0 Å². The van der Waals surface area contributed by atoms with Crippen molar-refractivity contribution in [3.63, 3.8) is 0 Å². The van der Waals surface area contributed by atoms with Crippen molar-refractivity contribution in [3.8, 4) is 0 Å². The quantitative estimate of drug-likeness (QED) is 0.380. The molecule has 2 aliphatic rings. The second-order valence-electron chi connectivity index (χ2n) is 7.66. The van der Waals surface area contributed by atoms with Crippen LogP contribution in [-0.2, 0) is 9.47 Å². The van der Waals surface area contributed by atoms with E-state index in [2.05, 4.69) is 22.5 Å². The molecule has 1 heterocycles. The second kappa shape index (κ2) is 12.5. The zero-order valence-corrected chi connectivity index (χ0v) is 16.4. The van der Waals surface area contributed by atoms with Crippen molar-refractivity contribution in [1.29, 1.82) is 0 Å². The monoisotopic (exact) mass is 353 g/mol. The van der Waals surface area contributed by atoms with Crippen LogP contribution in [0.15, 0.2) is 4.99 Å². The zero-order chi connectivity index (χ0) is 17.7. The first-order valence-corrected chi connectivity index (χ1v) is 10.4. The Kier molecular flexibility index (Phi) is 10.3. The molecule has 2 rings (SSSR count). The first-order valence-electron chi connectivity index (χ1n) is 10.4. The van der Waals surface area contributed by atoms with Crippen molar-refractivity contribution in [3.05, 3.63) is 0 Å². The molecule has 0 bridgehead atoms. The Morgan fingerprint density at radius 3 is 2.40 bits per heavy atom. The molecular formula is C20H39N3O2. The maximum atomic E-state index is 5.81. The summed E-state index contributed by atoms with van der Waals surface area (Å²) in [5.41, 5.74) is 0. The number of hydrogen-bond acceptors (Lipinski definition) is 3. The maximum absolute atomic E-state index is 5.81. The lowest BCUT2D eigenvalue weighted by molar-refractivity contribution is 0.0203. The summed E-state index contributed by atoms with van der Waals surface area (Å²) in [5.74, 6) is 3.40. The van der Waals surface area contributed by atoms with Gasteiger partial charge in [0.15, 0.2) is 5.96 Å². The SMILES string of the molecule is CCC1CCC(CNC(=NC)NCCCOCC2CCOCC2)CC1. The van der Waals surface area contributed by atoms with E-state index in [-0.39, 0.29) is 0 Å². The Balaban J connectivity index is 1.46. The van der Waals surface area contributed by atoms with Crippen LogP contribution in [0, 0.1) is 17.8 Å². The van der Waals surface area contributed by atoms with Gasteiger partial charge in [-0.25, -0.2) is 0 Å². The predicted octanol–water partition coefficient (Wildman–Crippen LogP) is 3.20. The van der Waals surface area contributed by atoms with Crippen molar-refractivity contribution >= 4 is 5.96 Å². The lowest BCUT2D eigenvalue weighted by atomic mass is 9.81. The maximum Gasteiger partial charge on any atom is 0.190 e. The van der Waals surface area contributed by atoms with Gasteiger partial charge in [0.05, 0.1) is 0 Å². The summed E-state index contributed by atoms with van der Waals surface area (Å²) in [6.45, 7) is 7.79. The number of hydrogen-bond donors (Lipinski definition) is 2. The van der Waals surface area contributed by atoms with Crippen LogP contribution in [0.2, 0.25) is 0 Å². The largest absolute Gasteiger partial charge is 0.381 e. The summed E-state index contributed by atoms with van der Waals surface area (Å²) < 4.78 is 11.2. The fourth-order valence-electron chi connectivity index (χ4n) is 3.85. The van der Waals surface area contributed by atoms with E-state index in [9.17, 15) is 0 Å². The molecule has 0 aromatic carbocycles. The van der Waals surface area contributed by atoms with Gasteiger partial charge in [0.25, 0.3) is 0 Å². The van der Waals surface area contributed by atoms with E-state index < -0.39 is 0 Å². The predicted molar refractivity (Wildman–Crippen MR) is 104 cm³/mol. The minimum atomic E-state index is 0.693. The van der Waals surface area contributed by atoms with E-state index >= 15 is 0 Å². The summed E-state index contributed by atoms with van der Waals surface area (Å²) in [7, 11) is 1.85. The standard InChI is InChI=1S/C20H39N3O2/c1-3-17-5-7-18(8-6-17)15-23-20(21-2)22-11-4-12-25-16-19-9-13-24-14-10-19/h17-19H,3-16H2,1-2H3,(H2,21,22,23). The van der Waals surface area contributed by atoms with Crippen molar-refractivity contribution in [2.75, 3.05) is 46.6 Å². The number of rotatable bonds is 9. The van der Waals surface area contributed by atoms with E-state index in [1.165, 1.54) is 32.1 Å². The third kappa shape index (κ3) is 8.41. The molecule has 1 aliphatic carbocycles. The molecule has 1 saturated carbocycles. The fourth-order valence-corrected chi connectivity index (χ4v) is 3.85. The summed E-state index contributed by atoms with van der Waals surface area (Å²) in [4.78, 5) is 4.33. The number of ether oxygens (including phenoxy) is 2. The molecule has 2 N–H and O–H groups in total. The molecule has 0 aromatic rings. The van der Waals surface area contributed by atoms with Crippen LogP contribution < -0.4 is 10.6 Å². The van der Waals surface area contributed by atoms with Gasteiger partial charge < -0.3 is 20.1 Å². The van der Waals surface area contributed by atoms with Crippen molar-refractivity contribution in [2.45, 2.75) is 58.3 Å². The van der Waals surface area contributed by atoms with Crippen LogP contribution in [0.25, 0.3) is 0 Å². The average molecular weight is 354 g/mol. The minimum absolute atomic E-state index is 0.693. The first kappa shape index (κ1) is 20.5. The second-order valence-corrected chi connectivity index (χ2v) is 7.66. The highest BCUT2D eigenvalue weighted by molar-refractivity contribution is 5.79. The minimum Gasteiger partial charge on any atom is -0.381 e.